The zero-order valence-corrected chi connectivity index (χ0v) is 20.0. The van der Waals surface area contributed by atoms with Gasteiger partial charge in [0.1, 0.15) is 11.3 Å². The van der Waals surface area contributed by atoms with Gasteiger partial charge >= 0.3 is 0 Å². The van der Waals surface area contributed by atoms with Gasteiger partial charge in [0.15, 0.2) is 16.3 Å². The smallest absolute Gasteiger partial charge is 0.276 e. The second-order valence-corrected chi connectivity index (χ2v) is 9.46. The van der Waals surface area contributed by atoms with Crippen LogP contribution in [0.25, 0.3) is 26.3 Å². The van der Waals surface area contributed by atoms with Gasteiger partial charge in [-0.2, -0.15) is 0 Å². The summed E-state index contributed by atoms with van der Waals surface area (Å²) in [6.07, 6.45) is 2.52. The highest BCUT2D eigenvalue weighted by Gasteiger charge is 2.15. The number of hydrogen-bond acceptors (Lipinski definition) is 6. The van der Waals surface area contributed by atoms with Crippen molar-refractivity contribution in [2.24, 2.45) is 0 Å². The predicted octanol–water partition coefficient (Wildman–Crippen LogP) is 5.26. The highest BCUT2D eigenvalue weighted by molar-refractivity contribution is 7.71. The molecule has 0 radical (unpaired) electrons. The maximum Gasteiger partial charge on any atom is 0.276 e. The van der Waals surface area contributed by atoms with Crippen molar-refractivity contribution < 1.29 is 9.47 Å². The molecule has 1 fully saturated rings. The number of ether oxygens (including phenoxy) is 2. The average Bonchev–Trinajstić information content (AvgIpc) is 3.50. The van der Waals surface area contributed by atoms with Gasteiger partial charge in [-0.25, -0.2) is 0 Å². The van der Waals surface area contributed by atoms with Crippen LogP contribution in [0, 0.1) is 4.77 Å². The fourth-order valence-electron chi connectivity index (χ4n) is 4.19. The van der Waals surface area contributed by atoms with Gasteiger partial charge in [-0.05, 0) is 61.9 Å². The Balaban J connectivity index is 1.46. The monoisotopic (exact) mass is 479 g/mol. The van der Waals surface area contributed by atoms with E-state index in [4.69, 9.17) is 21.7 Å². The number of likely N-dealkylation sites (tertiary alicyclic amines) is 1. The summed E-state index contributed by atoms with van der Waals surface area (Å²) in [5, 5.41) is 0. The molecule has 0 unspecified atom stereocenters. The first-order chi connectivity index (χ1) is 16.1. The van der Waals surface area contributed by atoms with E-state index in [9.17, 15) is 4.79 Å². The number of methoxy groups -OCH3 is 1. The number of rotatable bonds is 7. The van der Waals surface area contributed by atoms with E-state index in [1.54, 1.807) is 13.2 Å². The second kappa shape index (κ2) is 9.51. The summed E-state index contributed by atoms with van der Waals surface area (Å²) in [5.41, 5.74) is 2.31. The highest BCUT2D eigenvalue weighted by Crippen LogP contribution is 2.32. The van der Waals surface area contributed by atoms with E-state index in [2.05, 4.69) is 9.88 Å². The van der Waals surface area contributed by atoms with Crippen LogP contribution in [-0.2, 0) is 0 Å². The van der Waals surface area contributed by atoms with Gasteiger partial charge in [0.05, 0.1) is 18.3 Å². The summed E-state index contributed by atoms with van der Waals surface area (Å²) in [6, 6.07) is 17.5. The molecule has 0 atom stereocenters. The third kappa shape index (κ3) is 4.46. The number of hydrogen-bond donors (Lipinski definition) is 1. The third-order valence-corrected chi connectivity index (χ3v) is 7.36. The molecule has 4 aromatic rings. The van der Waals surface area contributed by atoms with Crippen LogP contribution >= 0.6 is 23.6 Å². The van der Waals surface area contributed by atoms with Crippen molar-refractivity contribution in [1.82, 2.24) is 14.5 Å². The molecular weight excluding hydrogens is 454 g/mol. The van der Waals surface area contributed by atoms with Gasteiger partial charge in [0.2, 0.25) is 0 Å². The Morgan fingerprint density at radius 2 is 1.85 bits per heavy atom. The highest BCUT2D eigenvalue weighted by atomic mass is 32.1. The Hall–Kier alpha value is -2.94. The van der Waals surface area contributed by atoms with Gasteiger partial charge < -0.3 is 14.5 Å². The van der Waals surface area contributed by atoms with E-state index in [1.807, 2.05) is 48.5 Å². The van der Waals surface area contributed by atoms with Crippen molar-refractivity contribution in [1.29, 1.82) is 0 Å². The molecule has 1 saturated heterocycles. The molecule has 3 heterocycles. The number of fused-ring (bicyclic) bond motifs is 1. The molecule has 0 bridgehead atoms. The first-order valence-corrected chi connectivity index (χ1v) is 12.2. The van der Waals surface area contributed by atoms with Crippen molar-refractivity contribution in [3.8, 4) is 27.6 Å². The average molecular weight is 480 g/mol. The molecule has 0 spiro atoms. The number of aromatic nitrogens is 2. The number of aromatic amines is 1. The molecule has 1 aliphatic heterocycles. The van der Waals surface area contributed by atoms with Crippen molar-refractivity contribution >= 4 is 33.8 Å². The van der Waals surface area contributed by atoms with E-state index in [-0.39, 0.29) is 5.56 Å². The van der Waals surface area contributed by atoms with E-state index in [0.29, 0.717) is 33.3 Å². The summed E-state index contributed by atoms with van der Waals surface area (Å²) in [7, 11) is 1.60. The minimum Gasteiger partial charge on any atom is -0.493 e. The summed E-state index contributed by atoms with van der Waals surface area (Å²) < 4.78 is 14.0. The van der Waals surface area contributed by atoms with Crippen LogP contribution < -0.4 is 15.0 Å². The lowest BCUT2D eigenvalue weighted by Crippen LogP contribution is -2.25. The van der Waals surface area contributed by atoms with Crippen molar-refractivity contribution in [3.05, 3.63) is 69.7 Å². The Labute approximate surface area is 201 Å². The van der Waals surface area contributed by atoms with Crippen LogP contribution in [0.4, 0.5) is 0 Å². The number of nitrogens with zero attached hydrogens (tertiary/aromatic N) is 2. The molecule has 2 aromatic heterocycles. The topological polar surface area (TPSA) is 59.5 Å². The maximum absolute atomic E-state index is 13.4. The molecule has 8 heteroatoms. The molecule has 1 N–H and O–H groups in total. The number of nitrogens with one attached hydrogen (secondary N) is 1. The Kier molecular flexibility index (Phi) is 6.30. The molecule has 6 nitrogen and oxygen atoms in total. The molecule has 0 amide bonds. The van der Waals surface area contributed by atoms with Crippen LogP contribution in [0.5, 0.6) is 11.5 Å². The summed E-state index contributed by atoms with van der Waals surface area (Å²) >= 11 is 7.01. The summed E-state index contributed by atoms with van der Waals surface area (Å²) in [5.74, 6) is 1.23. The lowest BCUT2D eigenvalue weighted by Gasteiger charge is -2.17. The lowest BCUT2D eigenvalue weighted by atomic mass is 10.2. The molecular formula is C25H25N3O3S2. The van der Waals surface area contributed by atoms with E-state index in [1.165, 1.54) is 28.7 Å². The van der Waals surface area contributed by atoms with Crippen LogP contribution in [-0.4, -0.2) is 47.8 Å². The van der Waals surface area contributed by atoms with Gasteiger partial charge in [0.25, 0.3) is 5.56 Å². The molecule has 5 rings (SSSR count). The summed E-state index contributed by atoms with van der Waals surface area (Å²) in [4.78, 5) is 20.0. The standard InChI is InChI=1S/C25H25N3O3S2/c1-30-21-15-18(9-10-20(21)31-14-13-27-11-5-6-12-27)28-24(29)23-19(26-25(28)32)16-22(33-23)17-7-3-2-4-8-17/h2-4,7-10,15-16H,5-6,11-14H2,1H3,(H,26,32). The van der Waals surface area contributed by atoms with Crippen molar-refractivity contribution in [3.63, 3.8) is 0 Å². The molecule has 1 aliphatic rings. The Bertz CT molecular complexity index is 1390. The Morgan fingerprint density at radius 1 is 1.06 bits per heavy atom. The van der Waals surface area contributed by atoms with Crippen LogP contribution in [0.2, 0.25) is 0 Å². The van der Waals surface area contributed by atoms with Gasteiger partial charge in [-0.1, -0.05) is 30.3 Å². The molecule has 33 heavy (non-hydrogen) atoms. The normalized spacial score (nSPS) is 14.1. The first kappa shape index (κ1) is 21.9. The predicted molar refractivity (Wildman–Crippen MR) is 136 cm³/mol. The van der Waals surface area contributed by atoms with Crippen molar-refractivity contribution in [2.45, 2.75) is 12.8 Å². The number of benzene rings is 2. The third-order valence-electron chi connectivity index (χ3n) is 5.90. The largest absolute Gasteiger partial charge is 0.493 e. The molecule has 2 aromatic carbocycles. The van der Waals surface area contributed by atoms with Gasteiger partial charge in [0, 0.05) is 17.5 Å². The number of H-pyrrole nitrogens is 1. The zero-order valence-electron chi connectivity index (χ0n) is 18.4. The van der Waals surface area contributed by atoms with Crippen molar-refractivity contribution in [2.75, 3.05) is 33.4 Å². The molecule has 170 valence electrons. The van der Waals surface area contributed by atoms with Crippen LogP contribution in [0.3, 0.4) is 0 Å². The summed E-state index contributed by atoms with van der Waals surface area (Å²) in [6.45, 7) is 3.77. The minimum absolute atomic E-state index is 0.148. The molecule has 0 saturated carbocycles. The SMILES string of the molecule is COc1cc(-n2c(=S)[nH]c3cc(-c4ccccc4)sc3c2=O)ccc1OCCN1CCCC1. The van der Waals surface area contributed by atoms with Crippen LogP contribution in [0.15, 0.2) is 59.4 Å². The minimum atomic E-state index is -0.148. The zero-order chi connectivity index (χ0) is 22.8. The van der Waals surface area contributed by atoms with Crippen LogP contribution in [0.1, 0.15) is 12.8 Å². The maximum atomic E-state index is 13.4. The van der Waals surface area contributed by atoms with E-state index >= 15 is 0 Å². The number of thiophene rings is 1. The Morgan fingerprint density at radius 3 is 2.61 bits per heavy atom. The fraction of sp³-hybridized carbons (Fsp3) is 0.280. The quantitative estimate of drug-likeness (QED) is 0.367. The van der Waals surface area contributed by atoms with Gasteiger partial charge in [-0.3, -0.25) is 14.3 Å². The van der Waals surface area contributed by atoms with E-state index < -0.39 is 0 Å². The second-order valence-electron chi connectivity index (χ2n) is 8.02. The lowest BCUT2D eigenvalue weighted by molar-refractivity contribution is 0.230. The first-order valence-electron chi connectivity index (χ1n) is 11.0. The fourth-order valence-corrected chi connectivity index (χ4v) is 5.54. The van der Waals surface area contributed by atoms with E-state index in [0.717, 1.165) is 35.6 Å². The molecule has 0 aliphatic carbocycles. The van der Waals surface area contributed by atoms with Gasteiger partial charge in [-0.15, -0.1) is 11.3 Å².